The Labute approximate surface area is 182 Å². The van der Waals surface area contributed by atoms with E-state index in [1.165, 1.54) is 11.6 Å². The van der Waals surface area contributed by atoms with Gasteiger partial charge in [-0.3, -0.25) is 13.9 Å². The number of carbonyl (C=O) groups is 1. The first kappa shape index (κ1) is 22.6. The smallest absolute Gasteiger partial charge is 0.336 e. The van der Waals surface area contributed by atoms with E-state index in [4.69, 9.17) is 4.74 Å². The predicted octanol–water partition coefficient (Wildman–Crippen LogP) is 3.24. The van der Waals surface area contributed by atoms with Crippen LogP contribution in [0.15, 0.2) is 45.1 Å². The summed E-state index contributed by atoms with van der Waals surface area (Å²) < 4.78 is 8.04. The van der Waals surface area contributed by atoms with Crippen molar-refractivity contribution in [2.45, 2.75) is 46.5 Å². The molecule has 1 N–H and O–H groups in total. The van der Waals surface area contributed by atoms with Crippen molar-refractivity contribution in [1.82, 2.24) is 9.13 Å². The highest BCUT2D eigenvalue weighted by molar-refractivity contribution is 5.94. The van der Waals surface area contributed by atoms with Crippen LogP contribution in [0.2, 0.25) is 0 Å². The van der Waals surface area contributed by atoms with Crippen molar-refractivity contribution in [2.24, 2.45) is 20.0 Å². The first-order valence-corrected chi connectivity index (χ1v) is 10.6. The summed E-state index contributed by atoms with van der Waals surface area (Å²) in [6.45, 7) is 10.2. The van der Waals surface area contributed by atoms with Gasteiger partial charge in [-0.2, -0.15) is 0 Å². The van der Waals surface area contributed by atoms with Gasteiger partial charge in [-0.15, -0.1) is 0 Å². The van der Waals surface area contributed by atoms with Crippen LogP contribution in [0.1, 0.15) is 63.1 Å². The summed E-state index contributed by atoms with van der Waals surface area (Å²) >= 11 is 0. The van der Waals surface area contributed by atoms with E-state index in [-0.39, 0.29) is 12.5 Å². The molecule has 1 atom stereocenters. The first-order valence-electron chi connectivity index (χ1n) is 10.6. The third kappa shape index (κ3) is 4.09. The maximum Gasteiger partial charge on any atom is 0.336 e. The van der Waals surface area contributed by atoms with Crippen LogP contribution in [0.25, 0.3) is 0 Å². The minimum absolute atomic E-state index is 0.186. The van der Waals surface area contributed by atoms with Crippen LogP contribution in [-0.2, 0) is 23.6 Å². The number of rotatable bonds is 5. The van der Waals surface area contributed by atoms with Gasteiger partial charge in [0.25, 0.3) is 5.56 Å². The summed E-state index contributed by atoms with van der Waals surface area (Å²) in [5.74, 6) is -0.147. The monoisotopic (exact) mass is 425 g/mol. The van der Waals surface area contributed by atoms with E-state index in [1.54, 1.807) is 14.0 Å². The van der Waals surface area contributed by atoms with Gasteiger partial charge in [0.15, 0.2) is 0 Å². The fraction of sp³-hybridized carbons (Fsp3) is 0.458. The normalized spacial score (nSPS) is 15.8. The fourth-order valence-corrected chi connectivity index (χ4v) is 3.89. The van der Waals surface area contributed by atoms with Crippen LogP contribution < -0.4 is 16.6 Å². The van der Waals surface area contributed by atoms with Crippen LogP contribution >= 0.6 is 0 Å². The average molecular weight is 426 g/mol. The van der Waals surface area contributed by atoms with E-state index in [1.807, 2.05) is 38.1 Å². The molecule has 0 spiro atoms. The van der Waals surface area contributed by atoms with E-state index in [0.717, 1.165) is 15.7 Å². The van der Waals surface area contributed by atoms with Gasteiger partial charge < -0.3 is 10.1 Å². The molecule has 0 saturated carbocycles. The van der Waals surface area contributed by atoms with Gasteiger partial charge in [-0.25, -0.2) is 9.59 Å². The number of hydrogen-bond acceptors (Lipinski definition) is 5. The molecule has 166 valence electrons. The van der Waals surface area contributed by atoms with Gasteiger partial charge in [0.2, 0.25) is 0 Å². The number of ether oxygens (including phenoxy) is 1. The second-order valence-corrected chi connectivity index (χ2v) is 8.88. The Morgan fingerprint density at radius 3 is 2.23 bits per heavy atom. The molecule has 2 heterocycles. The van der Waals surface area contributed by atoms with Gasteiger partial charge in [-0.05, 0) is 29.9 Å². The Bertz CT molecular complexity index is 1150. The van der Waals surface area contributed by atoms with Gasteiger partial charge in [0.1, 0.15) is 5.82 Å². The van der Waals surface area contributed by atoms with E-state index < -0.39 is 23.1 Å². The lowest BCUT2D eigenvalue weighted by Gasteiger charge is -2.31. The Balaban J connectivity index is 2.26. The molecule has 1 aliphatic heterocycles. The topological polar surface area (TPSA) is 82.3 Å². The number of allylic oxidation sites excluding steroid dienone is 1. The number of carbonyl (C=O) groups excluding carboxylic acids is 1. The van der Waals surface area contributed by atoms with Crippen molar-refractivity contribution < 1.29 is 9.53 Å². The molecule has 1 aromatic carbocycles. The molecule has 0 radical (unpaired) electrons. The second kappa shape index (κ2) is 8.57. The third-order valence-corrected chi connectivity index (χ3v) is 5.69. The van der Waals surface area contributed by atoms with Gasteiger partial charge in [-0.1, -0.05) is 52.0 Å². The summed E-state index contributed by atoms with van der Waals surface area (Å²) in [6, 6.07) is 7.92. The SMILES string of the molecule is CC1=C(C(=O)OCC(C)C)[C@H](c2ccc(C(C)C)cc2)c2c(n(C)c(=O)n(C)c2=O)N1. The van der Waals surface area contributed by atoms with Crippen LogP contribution in [0.3, 0.4) is 0 Å². The fourth-order valence-electron chi connectivity index (χ4n) is 3.89. The molecular weight excluding hydrogens is 394 g/mol. The largest absolute Gasteiger partial charge is 0.462 e. The lowest BCUT2D eigenvalue weighted by molar-refractivity contribution is -0.140. The van der Waals surface area contributed by atoms with Crippen molar-refractivity contribution in [3.8, 4) is 0 Å². The number of nitrogens with zero attached hydrogens (tertiary/aromatic N) is 2. The highest BCUT2D eigenvalue weighted by Gasteiger charge is 2.37. The minimum Gasteiger partial charge on any atom is -0.462 e. The van der Waals surface area contributed by atoms with E-state index in [0.29, 0.717) is 28.6 Å². The Hall–Kier alpha value is -3.09. The summed E-state index contributed by atoms with van der Waals surface area (Å²) in [4.78, 5) is 38.9. The summed E-state index contributed by atoms with van der Waals surface area (Å²) in [5.41, 5.74) is 2.44. The van der Waals surface area contributed by atoms with Crippen LogP contribution in [-0.4, -0.2) is 21.7 Å². The van der Waals surface area contributed by atoms with Crippen molar-refractivity contribution in [3.63, 3.8) is 0 Å². The summed E-state index contributed by atoms with van der Waals surface area (Å²) in [5, 5.41) is 3.11. The molecular formula is C24H31N3O4. The maximum absolute atomic E-state index is 13.2. The molecule has 0 amide bonds. The Kier molecular flexibility index (Phi) is 6.25. The highest BCUT2D eigenvalue weighted by atomic mass is 16.5. The molecule has 0 aliphatic carbocycles. The molecule has 7 nitrogen and oxygen atoms in total. The number of esters is 1. The number of benzene rings is 1. The lowest BCUT2D eigenvalue weighted by Crippen LogP contribution is -2.43. The summed E-state index contributed by atoms with van der Waals surface area (Å²) in [7, 11) is 3.06. The molecule has 3 rings (SSSR count). The molecule has 31 heavy (non-hydrogen) atoms. The number of anilines is 1. The van der Waals surface area contributed by atoms with Crippen molar-refractivity contribution in [1.29, 1.82) is 0 Å². The molecule has 0 unspecified atom stereocenters. The van der Waals surface area contributed by atoms with E-state index in [2.05, 4.69) is 19.2 Å². The molecule has 0 fully saturated rings. The van der Waals surface area contributed by atoms with E-state index in [9.17, 15) is 14.4 Å². The first-order chi connectivity index (χ1) is 14.5. The predicted molar refractivity (Wildman–Crippen MR) is 121 cm³/mol. The zero-order chi connectivity index (χ0) is 23.0. The van der Waals surface area contributed by atoms with E-state index >= 15 is 0 Å². The van der Waals surface area contributed by atoms with Crippen LogP contribution in [0, 0.1) is 5.92 Å². The molecule has 1 aliphatic rings. The maximum atomic E-state index is 13.2. The van der Waals surface area contributed by atoms with Crippen molar-refractivity contribution in [2.75, 3.05) is 11.9 Å². The molecule has 1 aromatic heterocycles. The number of aromatic nitrogens is 2. The zero-order valence-electron chi connectivity index (χ0n) is 19.3. The lowest BCUT2D eigenvalue weighted by atomic mass is 9.81. The minimum atomic E-state index is -0.636. The van der Waals surface area contributed by atoms with Crippen molar-refractivity contribution in [3.05, 3.63) is 73.1 Å². The zero-order valence-corrected chi connectivity index (χ0v) is 19.3. The van der Waals surface area contributed by atoms with Crippen molar-refractivity contribution >= 4 is 11.8 Å². The molecule has 0 bridgehead atoms. The van der Waals surface area contributed by atoms with Gasteiger partial charge in [0, 0.05) is 19.8 Å². The Morgan fingerprint density at radius 2 is 1.68 bits per heavy atom. The van der Waals surface area contributed by atoms with Gasteiger partial charge in [0.05, 0.1) is 23.7 Å². The molecule has 0 saturated heterocycles. The summed E-state index contributed by atoms with van der Waals surface area (Å²) in [6.07, 6.45) is 0. The van der Waals surface area contributed by atoms with Crippen LogP contribution in [0.4, 0.5) is 5.82 Å². The quantitative estimate of drug-likeness (QED) is 0.744. The molecule has 7 heteroatoms. The molecule has 2 aromatic rings. The Morgan fingerprint density at radius 1 is 1.06 bits per heavy atom. The highest BCUT2D eigenvalue weighted by Crippen LogP contribution is 2.40. The number of fused-ring (bicyclic) bond motifs is 1. The third-order valence-electron chi connectivity index (χ3n) is 5.69. The van der Waals surface area contributed by atoms with Crippen LogP contribution in [0.5, 0.6) is 0 Å². The number of nitrogens with one attached hydrogen (secondary N) is 1. The second-order valence-electron chi connectivity index (χ2n) is 8.88. The standard InChI is InChI=1S/C24H31N3O4/c1-13(2)12-31-23(29)18-15(5)25-21-20(22(28)27(7)24(30)26(21)6)19(18)17-10-8-16(9-11-17)14(3)4/h8-11,13-14,19,25H,12H2,1-7H3/t19-/m0/s1. The number of hydrogen-bond donors (Lipinski definition) is 1. The average Bonchev–Trinajstić information content (AvgIpc) is 2.73. The van der Waals surface area contributed by atoms with Gasteiger partial charge >= 0.3 is 11.7 Å².